The third-order valence-corrected chi connectivity index (χ3v) is 2.86. The maximum absolute atomic E-state index is 10.8. The van der Waals surface area contributed by atoms with Crippen LogP contribution in [0.2, 0.25) is 0 Å². The van der Waals surface area contributed by atoms with Crippen LogP contribution in [0.5, 0.6) is 23.0 Å². The van der Waals surface area contributed by atoms with Crippen LogP contribution < -0.4 is 14.2 Å². The Kier molecular flexibility index (Phi) is 5.08. The Hall–Kier alpha value is -2.89. The number of methoxy groups -OCH3 is 1. The number of ether oxygens (including phenoxy) is 3. The minimum atomic E-state index is -1.19. The molecule has 2 aromatic carbocycles. The highest BCUT2D eigenvalue weighted by molar-refractivity contribution is 5.90. The Bertz CT molecular complexity index is 653. The van der Waals surface area contributed by atoms with Crippen molar-refractivity contribution in [1.82, 2.24) is 0 Å². The first-order valence-electron chi connectivity index (χ1n) is 6.56. The summed E-state index contributed by atoms with van der Waals surface area (Å²) in [6.45, 7) is 0.553. The van der Waals surface area contributed by atoms with Crippen LogP contribution in [0.1, 0.15) is 10.4 Å². The Morgan fingerprint density at radius 1 is 1.00 bits per heavy atom. The SMILES string of the molecule is COc1cccc(OCCOc2ccc(C(=O)O)c(O)c2)c1. The predicted octanol–water partition coefficient (Wildman–Crippen LogP) is 2.56. The first-order valence-corrected chi connectivity index (χ1v) is 6.56. The van der Waals surface area contributed by atoms with Gasteiger partial charge in [0.15, 0.2) is 0 Å². The molecule has 0 bridgehead atoms. The maximum atomic E-state index is 10.8. The molecule has 2 rings (SSSR count). The number of aromatic hydroxyl groups is 1. The number of hydrogen-bond acceptors (Lipinski definition) is 5. The molecule has 0 radical (unpaired) electrons. The normalized spacial score (nSPS) is 10.0. The van der Waals surface area contributed by atoms with Crippen molar-refractivity contribution in [3.63, 3.8) is 0 Å². The Balaban J connectivity index is 1.83. The van der Waals surface area contributed by atoms with Crippen LogP contribution in [0.25, 0.3) is 0 Å². The highest BCUT2D eigenvalue weighted by Gasteiger charge is 2.10. The summed E-state index contributed by atoms with van der Waals surface area (Å²) in [4.78, 5) is 10.8. The fourth-order valence-corrected chi connectivity index (χ4v) is 1.79. The van der Waals surface area contributed by atoms with Crippen LogP contribution in [0.3, 0.4) is 0 Å². The van der Waals surface area contributed by atoms with Gasteiger partial charge in [0.05, 0.1) is 7.11 Å². The van der Waals surface area contributed by atoms with Crippen molar-refractivity contribution in [1.29, 1.82) is 0 Å². The predicted molar refractivity (Wildman–Crippen MR) is 79.1 cm³/mol. The van der Waals surface area contributed by atoms with Crippen LogP contribution in [-0.4, -0.2) is 36.5 Å². The molecule has 0 saturated heterocycles. The molecule has 22 heavy (non-hydrogen) atoms. The van der Waals surface area contributed by atoms with E-state index in [4.69, 9.17) is 19.3 Å². The molecule has 0 aromatic heterocycles. The van der Waals surface area contributed by atoms with Gasteiger partial charge in [-0.05, 0) is 24.3 Å². The summed E-state index contributed by atoms with van der Waals surface area (Å²) >= 11 is 0. The zero-order valence-corrected chi connectivity index (χ0v) is 12.0. The van der Waals surface area contributed by atoms with Crippen LogP contribution in [0, 0.1) is 0 Å². The zero-order chi connectivity index (χ0) is 15.9. The number of aromatic carboxylic acids is 1. The van der Waals surface area contributed by atoms with Gasteiger partial charge in [-0.25, -0.2) is 4.79 Å². The van der Waals surface area contributed by atoms with E-state index in [0.717, 1.165) is 0 Å². The third kappa shape index (κ3) is 4.05. The van der Waals surface area contributed by atoms with Crippen molar-refractivity contribution >= 4 is 5.97 Å². The molecule has 0 amide bonds. The first kappa shape index (κ1) is 15.5. The molecule has 0 fully saturated rings. The average molecular weight is 304 g/mol. The molecule has 0 spiro atoms. The summed E-state index contributed by atoms with van der Waals surface area (Å²) in [6, 6.07) is 11.2. The minimum Gasteiger partial charge on any atom is -0.507 e. The first-order chi connectivity index (χ1) is 10.6. The Labute approximate surface area is 127 Å². The summed E-state index contributed by atoms with van der Waals surface area (Å²) in [5.41, 5.74) is -0.167. The average Bonchev–Trinajstić information content (AvgIpc) is 2.51. The maximum Gasteiger partial charge on any atom is 0.339 e. The lowest BCUT2D eigenvalue weighted by atomic mass is 10.2. The van der Waals surface area contributed by atoms with Gasteiger partial charge in [-0.15, -0.1) is 0 Å². The molecule has 0 atom stereocenters. The summed E-state index contributed by atoms with van der Waals surface area (Å²) in [6.07, 6.45) is 0. The van der Waals surface area contributed by atoms with Crippen molar-refractivity contribution < 1.29 is 29.2 Å². The fourth-order valence-electron chi connectivity index (χ4n) is 1.79. The fraction of sp³-hybridized carbons (Fsp3) is 0.188. The van der Waals surface area contributed by atoms with Gasteiger partial charge in [-0.3, -0.25) is 0 Å². The number of hydrogen-bond donors (Lipinski definition) is 2. The van der Waals surface area contributed by atoms with E-state index in [-0.39, 0.29) is 17.9 Å². The second kappa shape index (κ2) is 7.21. The second-order valence-electron chi connectivity index (χ2n) is 4.36. The van der Waals surface area contributed by atoms with Crippen LogP contribution in [-0.2, 0) is 0 Å². The van der Waals surface area contributed by atoms with E-state index in [1.54, 1.807) is 19.2 Å². The molecule has 2 aromatic rings. The lowest BCUT2D eigenvalue weighted by Crippen LogP contribution is -2.09. The van der Waals surface area contributed by atoms with E-state index >= 15 is 0 Å². The topological polar surface area (TPSA) is 85.2 Å². The number of rotatable bonds is 7. The molecule has 0 saturated carbocycles. The Morgan fingerprint density at radius 3 is 2.23 bits per heavy atom. The molecule has 2 N–H and O–H groups in total. The van der Waals surface area contributed by atoms with E-state index in [1.807, 2.05) is 12.1 Å². The monoisotopic (exact) mass is 304 g/mol. The van der Waals surface area contributed by atoms with E-state index < -0.39 is 5.97 Å². The molecule has 6 nitrogen and oxygen atoms in total. The molecular weight excluding hydrogens is 288 g/mol. The summed E-state index contributed by atoms with van der Waals surface area (Å²) in [5.74, 6) is 0.209. The van der Waals surface area contributed by atoms with Crippen molar-refractivity contribution in [2.24, 2.45) is 0 Å². The number of carboxylic acid groups (broad SMARTS) is 1. The van der Waals surface area contributed by atoms with Crippen molar-refractivity contribution in [3.05, 3.63) is 48.0 Å². The molecule has 6 heteroatoms. The molecule has 0 aliphatic rings. The molecular formula is C16H16O6. The van der Waals surface area contributed by atoms with Crippen LogP contribution in [0.4, 0.5) is 0 Å². The van der Waals surface area contributed by atoms with E-state index in [0.29, 0.717) is 23.9 Å². The largest absolute Gasteiger partial charge is 0.507 e. The van der Waals surface area contributed by atoms with Crippen LogP contribution in [0.15, 0.2) is 42.5 Å². The Morgan fingerprint density at radius 2 is 1.64 bits per heavy atom. The lowest BCUT2D eigenvalue weighted by Gasteiger charge is -2.10. The quantitative estimate of drug-likeness (QED) is 0.765. The van der Waals surface area contributed by atoms with Gasteiger partial charge in [0.1, 0.15) is 41.8 Å². The highest BCUT2D eigenvalue weighted by Crippen LogP contribution is 2.23. The summed E-state index contributed by atoms with van der Waals surface area (Å²) < 4.78 is 16.0. The molecule has 0 aliphatic heterocycles. The van der Waals surface area contributed by atoms with E-state index in [9.17, 15) is 9.90 Å². The second-order valence-corrected chi connectivity index (χ2v) is 4.36. The summed E-state index contributed by atoms with van der Waals surface area (Å²) in [7, 11) is 1.58. The van der Waals surface area contributed by atoms with Gasteiger partial charge in [0.2, 0.25) is 0 Å². The van der Waals surface area contributed by atoms with Crippen LogP contribution >= 0.6 is 0 Å². The van der Waals surface area contributed by atoms with Crippen molar-refractivity contribution in [2.75, 3.05) is 20.3 Å². The van der Waals surface area contributed by atoms with Gasteiger partial charge < -0.3 is 24.4 Å². The molecule has 0 unspecified atom stereocenters. The van der Waals surface area contributed by atoms with Crippen molar-refractivity contribution in [2.45, 2.75) is 0 Å². The minimum absolute atomic E-state index is 0.167. The standard InChI is InChI=1S/C16H16O6/c1-20-11-3-2-4-12(9-11)21-7-8-22-13-5-6-14(16(18)19)15(17)10-13/h2-6,9-10,17H,7-8H2,1H3,(H,18,19). The van der Waals surface area contributed by atoms with Crippen molar-refractivity contribution in [3.8, 4) is 23.0 Å². The van der Waals surface area contributed by atoms with Gasteiger partial charge in [0, 0.05) is 12.1 Å². The molecule has 0 aliphatic carbocycles. The zero-order valence-electron chi connectivity index (χ0n) is 12.0. The number of carbonyl (C=O) groups is 1. The number of phenols is 1. The van der Waals surface area contributed by atoms with Gasteiger partial charge >= 0.3 is 5.97 Å². The number of carboxylic acids is 1. The van der Waals surface area contributed by atoms with Gasteiger partial charge in [0.25, 0.3) is 0 Å². The third-order valence-electron chi connectivity index (χ3n) is 2.86. The summed E-state index contributed by atoms with van der Waals surface area (Å²) in [5, 5.41) is 18.4. The molecule has 116 valence electrons. The van der Waals surface area contributed by atoms with E-state index in [2.05, 4.69) is 0 Å². The van der Waals surface area contributed by atoms with E-state index in [1.165, 1.54) is 18.2 Å². The van der Waals surface area contributed by atoms with Gasteiger partial charge in [-0.2, -0.15) is 0 Å². The highest BCUT2D eigenvalue weighted by atomic mass is 16.5. The number of benzene rings is 2. The smallest absolute Gasteiger partial charge is 0.339 e. The molecule has 0 heterocycles. The lowest BCUT2D eigenvalue weighted by molar-refractivity contribution is 0.0693. The van der Waals surface area contributed by atoms with Gasteiger partial charge in [-0.1, -0.05) is 6.07 Å².